The topological polar surface area (TPSA) is 35.2 Å². The first kappa shape index (κ1) is 11.9. The summed E-state index contributed by atoms with van der Waals surface area (Å²) in [4.78, 5) is 0. The molecule has 0 aliphatic carbocycles. The fraction of sp³-hybridized carbons (Fsp3) is 1.00. The van der Waals surface area contributed by atoms with Crippen molar-refractivity contribution in [1.29, 1.82) is 0 Å². The summed E-state index contributed by atoms with van der Waals surface area (Å²) in [5.74, 6) is 0. The first-order valence-electron chi connectivity index (χ1n) is 4.88. The van der Waals surface area contributed by atoms with E-state index in [2.05, 4.69) is 13.8 Å². The molecule has 0 radical (unpaired) electrons. The van der Waals surface area contributed by atoms with Crippen LogP contribution >= 0.6 is 0 Å². The van der Waals surface area contributed by atoms with Crippen molar-refractivity contribution < 1.29 is 4.74 Å². The molecule has 0 aliphatic rings. The van der Waals surface area contributed by atoms with E-state index in [-0.39, 0.29) is 5.54 Å². The molecule has 74 valence electrons. The molecule has 1 atom stereocenters. The van der Waals surface area contributed by atoms with Gasteiger partial charge >= 0.3 is 0 Å². The molecule has 0 fully saturated rings. The SMILES string of the molecule is CCCC(C)(N)CCOC(C)C. The summed E-state index contributed by atoms with van der Waals surface area (Å²) in [5.41, 5.74) is 6.00. The Morgan fingerprint density at radius 2 is 1.92 bits per heavy atom. The van der Waals surface area contributed by atoms with E-state index in [1.165, 1.54) is 0 Å². The highest BCUT2D eigenvalue weighted by Crippen LogP contribution is 2.13. The second kappa shape index (κ2) is 5.55. The van der Waals surface area contributed by atoms with Crippen molar-refractivity contribution in [2.75, 3.05) is 6.61 Å². The fourth-order valence-electron chi connectivity index (χ4n) is 1.22. The zero-order valence-corrected chi connectivity index (χ0v) is 8.89. The van der Waals surface area contributed by atoms with Gasteiger partial charge in [-0.1, -0.05) is 13.3 Å². The van der Waals surface area contributed by atoms with E-state index >= 15 is 0 Å². The van der Waals surface area contributed by atoms with Crippen molar-refractivity contribution in [2.45, 2.75) is 58.6 Å². The molecule has 0 aliphatic heterocycles. The monoisotopic (exact) mass is 173 g/mol. The van der Waals surface area contributed by atoms with Crippen molar-refractivity contribution in [2.24, 2.45) is 5.73 Å². The Hall–Kier alpha value is -0.0800. The maximum absolute atomic E-state index is 6.03. The zero-order chi connectivity index (χ0) is 9.61. The molecule has 0 aromatic heterocycles. The predicted octanol–water partition coefficient (Wildman–Crippen LogP) is 2.32. The molecule has 2 nitrogen and oxygen atoms in total. The van der Waals surface area contributed by atoms with Crippen LogP contribution in [0.25, 0.3) is 0 Å². The van der Waals surface area contributed by atoms with E-state index < -0.39 is 0 Å². The summed E-state index contributed by atoms with van der Waals surface area (Å²) in [5, 5.41) is 0. The lowest BCUT2D eigenvalue weighted by Crippen LogP contribution is -2.37. The van der Waals surface area contributed by atoms with Gasteiger partial charge in [0.1, 0.15) is 0 Å². The van der Waals surface area contributed by atoms with Crippen LogP contribution in [0.1, 0.15) is 47.0 Å². The number of nitrogens with two attached hydrogens (primary N) is 1. The third-order valence-corrected chi connectivity index (χ3v) is 1.95. The molecule has 2 heteroatoms. The van der Waals surface area contributed by atoms with Crippen molar-refractivity contribution in [3.05, 3.63) is 0 Å². The molecule has 0 aromatic carbocycles. The van der Waals surface area contributed by atoms with Crippen LogP contribution < -0.4 is 5.73 Å². The van der Waals surface area contributed by atoms with Gasteiger partial charge in [0.15, 0.2) is 0 Å². The highest BCUT2D eigenvalue weighted by Gasteiger charge is 2.16. The second-order valence-corrected chi connectivity index (χ2v) is 4.07. The fourth-order valence-corrected chi connectivity index (χ4v) is 1.22. The van der Waals surface area contributed by atoms with Crippen molar-refractivity contribution in [3.8, 4) is 0 Å². The summed E-state index contributed by atoms with van der Waals surface area (Å²) >= 11 is 0. The molecule has 2 N–H and O–H groups in total. The Morgan fingerprint density at radius 3 is 2.33 bits per heavy atom. The summed E-state index contributed by atoms with van der Waals surface area (Å²) in [7, 11) is 0. The largest absolute Gasteiger partial charge is 0.379 e. The molecule has 0 amide bonds. The quantitative estimate of drug-likeness (QED) is 0.669. The van der Waals surface area contributed by atoms with Crippen LogP contribution in [0.3, 0.4) is 0 Å². The van der Waals surface area contributed by atoms with E-state index in [1.54, 1.807) is 0 Å². The maximum atomic E-state index is 6.03. The number of rotatable bonds is 6. The lowest BCUT2D eigenvalue weighted by Gasteiger charge is -2.24. The van der Waals surface area contributed by atoms with E-state index in [0.29, 0.717) is 6.10 Å². The third-order valence-electron chi connectivity index (χ3n) is 1.95. The van der Waals surface area contributed by atoms with E-state index in [1.807, 2.05) is 13.8 Å². The van der Waals surface area contributed by atoms with E-state index in [9.17, 15) is 0 Å². The first-order valence-corrected chi connectivity index (χ1v) is 4.88. The lowest BCUT2D eigenvalue weighted by molar-refractivity contribution is 0.0654. The molecular formula is C10H23NO. The predicted molar refractivity (Wildman–Crippen MR) is 53.2 cm³/mol. The van der Waals surface area contributed by atoms with Crippen molar-refractivity contribution >= 4 is 0 Å². The van der Waals surface area contributed by atoms with Crippen LogP contribution in [0.5, 0.6) is 0 Å². The Bertz CT molecular complexity index is 110. The molecule has 0 saturated carbocycles. The van der Waals surface area contributed by atoms with Crippen LogP contribution in [-0.2, 0) is 4.74 Å². The van der Waals surface area contributed by atoms with Gasteiger partial charge in [-0.15, -0.1) is 0 Å². The first-order chi connectivity index (χ1) is 5.48. The van der Waals surface area contributed by atoms with Gasteiger partial charge in [0.2, 0.25) is 0 Å². The molecule has 0 aromatic rings. The van der Waals surface area contributed by atoms with Crippen LogP contribution in [0.15, 0.2) is 0 Å². The van der Waals surface area contributed by atoms with Gasteiger partial charge in [0, 0.05) is 12.1 Å². The van der Waals surface area contributed by atoms with E-state index in [0.717, 1.165) is 25.9 Å². The minimum Gasteiger partial charge on any atom is -0.379 e. The molecule has 0 bridgehead atoms. The molecule has 0 rings (SSSR count). The Morgan fingerprint density at radius 1 is 1.33 bits per heavy atom. The lowest BCUT2D eigenvalue weighted by atomic mass is 9.94. The smallest absolute Gasteiger partial charge is 0.0518 e. The highest BCUT2D eigenvalue weighted by molar-refractivity contribution is 4.77. The van der Waals surface area contributed by atoms with Gasteiger partial charge in [-0.05, 0) is 33.6 Å². The third kappa shape index (κ3) is 6.62. The van der Waals surface area contributed by atoms with Gasteiger partial charge in [0.25, 0.3) is 0 Å². The van der Waals surface area contributed by atoms with Crippen molar-refractivity contribution in [3.63, 3.8) is 0 Å². The standard InChI is InChI=1S/C10H23NO/c1-5-6-10(4,11)7-8-12-9(2)3/h9H,5-8,11H2,1-4H3. The summed E-state index contributed by atoms with van der Waals surface area (Å²) < 4.78 is 5.44. The number of hydrogen-bond acceptors (Lipinski definition) is 2. The Balaban J connectivity index is 3.46. The van der Waals surface area contributed by atoms with Gasteiger partial charge in [-0.2, -0.15) is 0 Å². The molecule has 12 heavy (non-hydrogen) atoms. The van der Waals surface area contributed by atoms with E-state index in [4.69, 9.17) is 10.5 Å². The maximum Gasteiger partial charge on any atom is 0.0518 e. The second-order valence-electron chi connectivity index (χ2n) is 4.07. The van der Waals surface area contributed by atoms with Crippen LogP contribution in [-0.4, -0.2) is 18.2 Å². The zero-order valence-electron chi connectivity index (χ0n) is 8.89. The van der Waals surface area contributed by atoms with Gasteiger partial charge in [0.05, 0.1) is 6.10 Å². The van der Waals surface area contributed by atoms with Crippen LogP contribution in [0.4, 0.5) is 0 Å². The van der Waals surface area contributed by atoms with Gasteiger partial charge in [-0.25, -0.2) is 0 Å². The summed E-state index contributed by atoms with van der Waals surface area (Å²) in [6.45, 7) is 9.14. The molecular weight excluding hydrogens is 150 g/mol. The summed E-state index contributed by atoms with van der Waals surface area (Å²) in [6.07, 6.45) is 3.50. The average Bonchev–Trinajstić information content (AvgIpc) is 1.85. The Labute approximate surface area is 76.5 Å². The minimum absolute atomic E-state index is 0.0381. The van der Waals surface area contributed by atoms with Gasteiger partial charge in [-0.3, -0.25) is 0 Å². The molecule has 1 unspecified atom stereocenters. The molecule has 0 saturated heterocycles. The minimum atomic E-state index is -0.0381. The van der Waals surface area contributed by atoms with Crippen LogP contribution in [0.2, 0.25) is 0 Å². The summed E-state index contributed by atoms with van der Waals surface area (Å²) in [6, 6.07) is 0. The Kier molecular flexibility index (Phi) is 5.51. The normalized spacial score (nSPS) is 16.5. The van der Waals surface area contributed by atoms with Crippen LogP contribution in [0, 0.1) is 0 Å². The highest BCUT2D eigenvalue weighted by atomic mass is 16.5. The number of ether oxygens (including phenoxy) is 1. The molecule has 0 heterocycles. The number of hydrogen-bond donors (Lipinski definition) is 1. The molecule has 0 spiro atoms. The van der Waals surface area contributed by atoms with Crippen molar-refractivity contribution in [1.82, 2.24) is 0 Å². The van der Waals surface area contributed by atoms with Gasteiger partial charge < -0.3 is 10.5 Å². The average molecular weight is 173 g/mol.